The molecule has 14 heteroatoms. The van der Waals surface area contributed by atoms with Crippen molar-refractivity contribution in [1.82, 2.24) is 19.9 Å². The Morgan fingerprint density at radius 1 is 0.977 bits per heavy atom. The van der Waals surface area contributed by atoms with Gasteiger partial charge in [0.1, 0.15) is 22.7 Å². The van der Waals surface area contributed by atoms with Gasteiger partial charge in [-0.15, -0.1) is 0 Å². The van der Waals surface area contributed by atoms with Crippen LogP contribution in [0.25, 0.3) is 22.0 Å². The first kappa shape index (κ1) is 29.5. The summed E-state index contributed by atoms with van der Waals surface area (Å²) in [6.45, 7) is 3.25. The van der Waals surface area contributed by atoms with Crippen molar-refractivity contribution in [2.75, 3.05) is 42.9 Å². The van der Waals surface area contributed by atoms with Gasteiger partial charge in [0.25, 0.3) is 10.0 Å². The number of ether oxygens (including phenoxy) is 1. The molecule has 1 fully saturated rings. The highest BCUT2D eigenvalue weighted by Crippen LogP contribution is 2.33. The summed E-state index contributed by atoms with van der Waals surface area (Å²) in [4.78, 5) is 39.5. The molecule has 0 unspecified atom stereocenters. The molecule has 0 saturated carbocycles. The van der Waals surface area contributed by atoms with Gasteiger partial charge in [-0.3, -0.25) is 14.3 Å². The minimum atomic E-state index is -4.53. The van der Waals surface area contributed by atoms with E-state index in [4.69, 9.17) is 4.74 Å². The lowest BCUT2D eigenvalue weighted by molar-refractivity contribution is -0.126. The van der Waals surface area contributed by atoms with Gasteiger partial charge in [0, 0.05) is 49.4 Å². The molecule has 3 heterocycles. The number of amides is 1. The van der Waals surface area contributed by atoms with Crippen LogP contribution in [-0.4, -0.2) is 73.2 Å². The maximum Gasteiger partial charge on any atom is 0.265 e. The number of aromatic nitrogens is 3. The summed E-state index contributed by atoms with van der Waals surface area (Å²) in [5, 5.41) is 0.719. The SMILES string of the molecule is COc1ncc(-c2ccc3ncnc(N4CCN(C(=O)/C=C/C(C)=O)CC4)c3c2)cc1NS(=O)(=O)c1cccc(F)c1F. The van der Waals surface area contributed by atoms with E-state index in [1.807, 2.05) is 11.0 Å². The summed E-state index contributed by atoms with van der Waals surface area (Å²) >= 11 is 0. The lowest BCUT2D eigenvalue weighted by Crippen LogP contribution is -2.48. The average Bonchev–Trinajstić information content (AvgIpc) is 3.00. The number of sulfonamides is 1. The third-order valence-electron chi connectivity index (χ3n) is 6.79. The third kappa shape index (κ3) is 6.28. The second-order valence-corrected chi connectivity index (χ2v) is 11.3. The molecule has 222 valence electrons. The average molecular weight is 609 g/mol. The van der Waals surface area contributed by atoms with Crippen molar-refractivity contribution in [1.29, 1.82) is 0 Å². The van der Waals surface area contributed by atoms with Gasteiger partial charge < -0.3 is 14.5 Å². The molecule has 5 rings (SSSR count). The van der Waals surface area contributed by atoms with E-state index in [1.165, 1.54) is 44.8 Å². The molecule has 1 amide bonds. The molecule has 0 bridgehead atoms. The molecule has 0 spiro atoms. The Bertz CT molecular complexity index is 1860. The number of ketones is 1. The summed E-state index contributed by atoms with van der Waals surface area (Å²) in [7, 11) is -3.23. The van der Waals surface area contributed by atoms with Crippen molar-refractivity contribution in [3.05, 3.63) is 78.8 Å². The molecule has 1 aliphatic heterocycles. The summed E-state index contributed by atoms with van der Waals surface area (Å²) in [5.41, 5.74) is 1.75. The molecule has 0 aliphatic carbocycles. The lowest BCUT2D eigenvalue weighted by Gasteiger charge is -2.35. The van der Waals surface area contributed by atoms with Crippen LogP contribution in [0, 0.1) is 11.6 Å². The summed E-state index contributed by atoms with van der Waals surface area (Å²) in [5.74, 6) is -2.65. The Kier molecular flexibility index (Phi) is 8.30. The van der Waals surface area contributed by atoms with Crippen LogP contribution in [0.5, 0.6) is 5.88 Å². The zero-order valence-corrected chi connectivity index (χ0v) is 23.9. The zero-order valence-electron chi connectivity index (χ0n) is 23.1. The summed E-state index contributed by atoms with van der Waals surface area (Å²) in [6, 6.07) is 9.76. The van der Waals surface area contributed by atoms with Gasteiger partial charge in [-0.05, 0) is 48.9 Å². The second kappa shape index (κ2) is 12.1. The fourth-order valence-corrected chi connectivity index (χ4v) is 5.78. The minimum absolute atomic E-state index is 0.0699. The van der Waals surface area contributed by atoms with E-state index < -0.39 is 26.6 Å². The van der Waals surface area contributed by atoms with E-state index in [1.54, 1.807) is 17.0 Å². The van der Waals surface area contributed by atoms with Crippen LogP contribution in [0.3, 0.4) is 0 Å². The number of rotatable bonds is 8. The van der Waals surface area contributed by atoms with Crippen molar-refractivity contribution in [2.24, 2.45) is 0 Å². The Hall–Kier alpha value is -4.98. The van der Waals surface area contributed by atoms with Crippen LogP contribution < -0.4 is 14.4 Å². The van der Waals surface area contributed by atoms with Gasteiger partial charge in [0.2, 0.25) is 11.8 Å². The van der Waals surface area contributed by atoms with Crippen molar-refractivity contribution >= 4 is 44.1 Å². The number of carbonyl (C=O) groups is 2. The highest BCUT2D eigenvalue weighted by atomic mass is 32.2. The quantitative estimate of drug-likeness (QED) is 0.298. The zero-order chi connectivity index (χ0) is 30.7. The molecule has 11 nitrogen and oxygen atoms in total. The molecule has 4 aromatic rings. The van der Waals surface area contributed by atoms with E-state index >= 15 is 0 Å². The highest BCUT2D eigenvalue weighted by molar-refractivity contribution is 7.92. The van der Waals surface area contributed by atoms with Gasteiger partial charge in [-0.1, -0.05) is 12.1 Å². The summed E-state index contributed by atoms with van der Waals surface area (Å²) in [6.07, 6.45) is 5.47. The number of hydrogen-bond acceptors (Lipinski definition) is 9. The van der Waals surface area contributed by atoms with Crippen LogP contribution in [0.2, 0.25) is 0 Å². The van der Waals surface area contributed by atoms with E-state index in [9.17, 15) is 26.8 Å². The number of piperazine rings is 1. The second-order valence-electron chi connectivity index (χ2n) is 9.62. The maximum atomic E-state index is 14.3. The Balaban J connectivity index is 1.44. The smallest absolute Gasteiger partial charge is 0.265 e. The Morgan fingerprint density at radius 3 is 2.47 bits per heavy atom. The van der Waals surface area contributed by atoms with E-state index in [0.717, 1.165) is 23.6 Å². The predicted molar refractivity (Wildman–Crippen MR) is 155 cm³/mol. The van der Waals surface area contributed by atoms with Crippen LogP contribution in [0.15, 0.2) is 72.0 Å². The van der Waals surface area contributed by atoms with E-state index in [-0.39, 0.29) is 23.3 Å². The molecule has 1 aliphatic rings. The number of nitrogens with zero attached hydrogens (tertiary/aromatic N) is 5. The van der Waals surface area contributed by atoms with Crippen LogP contribution >= 0.6 is 0 Å². The maximum absolute atomic E-state index is 14.3. The number of carbonyl (C=O) groups excluding carboxylic acids is 2. The highest BCUT2D eigenvalue weighted by Gasteiger charge is 2.25. The molecule has 1 N–H and O–H groups in total. The fourth-order valence-electron chi connectivity index (χ4n) is 4.64. The topological polar surface area (TPSA) is 135 Å². The molecule has 2 aromatic carbocycles. The number of nitrogens with one attached hydrogen (secondary N) is 1. The number of allylic oxidation sites excluding steroid dienone is 1. The fraction of sp³-hybridized carbons (Fsp3) is 0.207. The first-order valence-electron chi connectivity index (χ1n) is 13.1. The van der Waals surface area contributed by atoms with Gasteiger partial charge in [-0.25, -0.2) is 32.2 Å². The molecule has 1 saturated heterocycles. The molecule has 0 radical (unpaired) electrons. The summed E-state index contributed by atoms with van der Waals surface area (Å²) < 4.78 is 61.4. The third-order valence-corrected chi connectivity index (χ3v) is 8.18. The van der Waals surface area contributed by atoms with Gasteiger partial charge in [-0.2, -0.15) is 0 Å². The van der Waals surface area contributed by atoms with Crippen LogP contribution in [-0.2, 0) is 19.6 Å². The number of hydrogen-bond donors (Lipinski definition) is 1. The number of methoxy groups -OCH3 is 1. The van der Waals surface area contributed by atoms with Crippen molar-refractivity contribution in [3.8, 4) is 17.0 Å². The molecule has 2 aromatic heterocycles. The van der Waals surface area contributed by atoms with Crippen molar-refractivity contribution in [2.45, 2.75) is 11.8 Å². The molecule has 43 heavy (non-hydrogen) atoms. The first-order chi connectivity index (χ1) is 20.6. The Labute approximate surface area is 245 Å². The molecular weight excluding hydrogens is 582 g/mol. The van der Waals surface area contributed by atoms with E-state index in [2.05, 4.69) is 19.7 Å². The monoisotopic (exact) mass is 608 g/mol. The van der Waals surface area contributed by atoms with E-state index in [0.29, 0.717) is 48.6 Å². The minimum Gasteiger partial charge on any atom is -0.480 e. The number of benzene rings is 2. The lowest BCUT2D eigenvalue weighted by atomic mass is 10.0. The number of halogens is 2. The number of pyridine rings is 1. The van der Waals surface area contributed by atoms with Gasteiger partial charge >= 0.3 is 0 Å². The standard InChI is InChI=1S/C29H26F2N6O5S/c1-18(38)6-9-26(39)36-10-12-37(13-11-36)28-21-14-19(7-8-23(21)33-17-34-28)20-15-24(29(42-2)32-16-20)35-43(40,41)25-5-3-4-22(30)27(25)31/h3-9,14-17,35H,10-13H2,1-2H3/b9-6+. The van der Waals surface area contributed by atoms with Crippen LogP contribution in [0.4, 0.5) is 20.3 Å². The van der Waals surface area contributed by atoms with Crippen molar-refractivity contribution < 1.29 is 31.5 Å². The van der Waals surface area contributed by atoms with Crippen LogP contribution in [0.1, 0.15) is 6.92 Å². The number of anilines is 2. The molecule has 0 atom stereocenters. The van der Waals surface area contributed by atoms with Gasteiger partial charge in [0.05, 0.1) is 12.6 Å². The number of fused-ring (bicyclic) bond motifs is 1. The first-order valence-corrected chi connectivity index (χ1v) is 14.5. The predicted octanol–water partition coefficient (Wildman–Crippen LogP) is 3.57. The van der Waals surface area contributed by atoms with Crippen molar-refractivity contribution in [3.63, 3.8) is 0 Å². The normalized spacial score (nSPS) is 13.9. The Morgan fingerprint density at radius 2 is 1.74 bits per heavy atom. The molecular formula is C29H26F2N6O5S. The van der Waals surface area contributed by atoms with Gasteiger partial charge in [0.15, 0.2) is 17.4 Å². The largest absolute Gasteiger partial charge is 0.480 e.